The molecule has 328 valence electrons. The van der Waals surface area contributed by atoms with Crippen molar-refractivity contribution in [1.82, 2.24) is 0 Å². The monoisotopic (exact) mass is 949 g/mol. The van der Waals surface area contributed by atoms with Crippen LogP contribution in [-0.4, -0.2) is 59.2 Å². The van der Waals surface area contributed by atoms with E-state index in [0.717, 1.165) is 5.69 Å². The highest BCUT2D eigenvalue weighted by atomic mass is 32.6. The quantitative estimate of drug-likeness (QED) is 0.141. The van der Waals surface area contributed by atoms with Crippen LogP contribution >= 0.6 is 22.4 Å². The number of hydrogen-bond acceptors (Lipinski definition) is 3. The van der Waals surface area contributed by atoms with E-state index in [-0.39, 0.29) is 0 Å². The maximum absolute atomic E-state index is 5.48. The van der Waals surface area contributed by atoms with Crippen LogP contribution in [-0.2, 0) is 0 Å². The summed E-state index contributed by atoms with van der Waals surface area (Å²) in [6.07, 6.45) is -2.65. The summed E-state index contributed by atoms with van der Waals surface area (Å²) < 4.78 is 1.28. The van der Waals surface area contributed by atoms with Gasteiger partial charge in [-0.05, 0) is 89.1 Å². The third-order valence-corrected chi connectivity index (χ3v) is 52.3. The molecule has 4 rings (SSSR count). The molecule has 1 heterocycles. The van der Waals surface area contributed by atoms with E-state index in [4.69, 9.17) is 4.99 Å². The van der Waals surface area contributed by atoms with Crippen molar-refractivity contribution in [2.75, 3.05) is 0 Å². The number of hydrogen-bond donors (Lipinski definition) is 0. The molecule has 1 aliphatic heterocycles. The zero-order valence-electron chi connectivity index (χ0n) is 42.4. The van der Waals surface area contributed by atoms with Gasteiger partial charge in [-0.3, -0.25) is 0 Å². The van der Waals surface area contributed by atoms with Gasteiger partial charge in [0.25, 0.3) is 6.37 Å². The van der Waals surface area contributed by atoms with Crippen LogP contribution in [0.25, 0.3) is 0 Å². The fraction of sp³-hybridized carbons (Fsp3) is 0.612. The predicted molar refractivity (Wildman–Crippen MR) is 297 cm³/mol. The van der Waals surface area contributed by atoms with Crippen molar-refractivity contribution in [2.24, 2.45) is 4.99 Å². The van der Waals surface area contributed by atoms with Crippen LogP contribution in [0.2, 0.25) is 118 Å². The third kappa shape index (κ3) is 11.3. The molecule has 3 aromatic carbocycles. The van der Waals surface area contributed by atoms with Crippen LogP contribution < -0.4 is 10.4 Å². The molecule has 0 aromatic heterocycles. The van der Waals surface area contributed by atoms with Gasteiger partial charge in [0.2, 0.25) is 0 Å². The smallest absolute Gasteiger partial charge is 0.236 e. The molecular formula is C49H87NS2Si7. The molecule has 0 spiro atoms. The number of rotatable bonds is 15. The van der Waals surface area contributed by atoms with Gasteiger partial charge in [0.05, 0.1) is 5.69 Å². The first-order valence-corrected chi connectivity index (χ1v) is 49.5. The molecule has 0 N–H and O–H groups in total. The normalized spacial score (nSPS) is 17.6. The van der Waals surface area contributed by atoms with Gasteiger partial charge in [0, 0.05) is 48.4 Å². The zero-order valence-corrected chi connectivity index (χ0v) is 51.1. The third-order valence-electron chi connectivity index (χ3n) is 12.6. The molecule has 0 atom stereocenters. The summed E-state index contributed by atoms with van der Waals surface area (Å²) in [6.45, 7) is 63.6. The lowest BCUT2D eigenvalue weighted by atomic mass is 9.89. The van der Waals surface area contributed by atoms with E-state index in [1.165, 1.54) is 9.94 Å². The van der Waals surface area contributed by atoms with Crippen LogP contribution in [0.15, 0.2) is 59.6 Å². The standard InChI is InChI=1S/C49H87NS2Si7/c1-34(2)37-30-40(35(3)4)44(41(31-37)36(5)6)59(51-49(52-59)50-39-28-26-25-27-29-39)45-42(47(55(13,14)15)56(16,17)18)32-38(46(53(7,8)9)54(10,11)12)33-43(45)48(57(19,20)21)58(22,23)24/h25-36,46-48H,1-24H3. The van der Waals surface area contributed by atoms with Crippen LogP contribution in [0.4, 0.5) is 5.69 Å². The Balaban J connectivity index is 2.49. The molecular weight excluding hydrogens is 863 g/mol. The zero-order chi connectivity index (χ0) is 45.2. The summed E-state index contributed by atoms with van der Waals surface area (Å²) in [5.74, 6) is 1.36. The van der Waals surface area contributed by atoms with Gasteiger partial charge in [0.1, 0.15) is 4.38 Å². The highest BCUT2D eigenvalue weighted by Crippen LogP contribution is 2.55. The Kier molecular flexibility index (Phi) is 15.5. The lowest BCUT2D eigenvalue weighted by molar-refractivity contribution is 0.812. The Morgan fingerprint density at radius 1 is 0.407 bits per heavy atom. The summed E-state index contributed by atoms with van der Waals surface area (Å²) in [5, 5.41) is 5.60. The van der Waals surface area contributed by atoms with E-state index < -0.39 is 54.8 Å². The van der Waals surface area contributed by atoms with Crippen molar-refractivity contribution in [3.05, 3.63) is 88.0 Å². The van der Waals surface area contributed by atoms with E-state index in [1.807, 2.05) is 16.3 Å². The molecule has 59 heavy (non-hydrogen) atoms. The van der Waals surface area contributed by atoms with Crippen molar-refractivity contribution in [3.63, 3.8) is 0 Å². The lowest BCUT2D eigenvalue weighted by Crippen LogP contribution is -2.66. The van der Waals surface area contributed by atoms with Crippen LogP contribution in [0.1, 0.15) is 108 Å². The van der Waals surface area contributed by atoms with Gasteiger partial charge in [0.15, 0.2) is 0 Å². The van der Waals surface area contributed by atoms with E-state index in [1.54, 1.807) is 21.9 Å². The average Bonchev–Trinajstić information content (AvgIpc) is 2.98. The van der Waals surface area contributed by atoms with Gasteiger partial charge in [-0.15, -0.1) is 22.4 Å². The number of benzene rings is 3. The summed E-state index contributed by atoms with van der Waals surface area (Å²) in [5.41, 5.74) is 11.2. The van der Waals surface area contributed by atoms with Crippen molar-refractivity contribution in [2.45, 2.75) is 193 Å². The Hall–Kier alpha value is -0.452. The second kappa shape index (κ2) is 17.8. The topological polar surface area (TPSA) is 12.4 Å². The Morgan fingerprint density at radius 2 is 0.729 bits per heavy atom. The fourth-order valence-corrected chi connectivity index (χ4v) is 63.7. The largest absolute Gasteiger partial charge is 0.255 e. The first-order chi connectivity index (χ1) is 26.5. The van der Waals surface area contributed by atoms with Gasteiger partial charge in [-0.25, -0.2) is 4.99 Å². The second-order valence-corrected chi connectivity index (χ2v) is 68.6. The fourth-order valence-electron chi connectivity index (χ4n) is 12.0. The molecule has 0 bridgehead atoms. The molecule has 3 aromatic rings. The van der Waals surface area contributed by atoms with Gasteiger partial charge >= 0.3 is 0 Å². The van der Waals surface area contributed by atoms with Crippen LogP contribution in [0.3, 0.4) is 0 Å². The van der Waals surface area contributed by atoms with Crippen molar-refractivity contribution in [3.8, 4) is 0 Å². The minimum atomic E-state index is -2.65. The highest BCUT2D eigenvalue weighted by Gasteiger charge is 2.59. The minimum absolute atomic E-state index is 0.436. The van der Waals surface area contributed by atoms with Crippen molar-refractivity contribution in [1.29, 1.82) is 0 Å². The number of nitrogens with zero attached hydrogens (tertiary/aromatic N) is 1. The van der Waals surface area contributed by atoms with Crippen LogP contribution in [0, 0.1) is 0 Å². The minimum Gasteiger partial charge on any atom is -0.236 e. The van der Waals surface area contributed by atoms with Gasteiger partial charge in [-0.1, -0.05) is 202 Å². The molecule has 1 saturated heterocycles. The van der Waals surface area contributed by atoms with E-state index in [0.29, 0.717) is 33.2 Å². The first kappa shape index (κ1) is 51.2. The highest BCUT2D eigenvalue weighted by molar-refractivity contribution is 8.87. The molecule has 0 radical (unpaired) electrons. The summed E-state index contributed by atoms with van der Waals surface area (Å²) in [4.78, 5) is 5.48. The van der Waals surface area contributed by atoms with Gasteiger partial charge in [-0.2, -0.15) is 0 Å². The molecule has 0 aliphatic carbocycles. The number of aliphatic imine (C=N–C) groups is 1. The summed E-state index contributed by atoms with van der Waals surface area (Å²) in [7, 11) is -10.2. The molecule has 0 unspecified atom stereocenters. The first-order valence-electron chi connectivity index (χ1n) is 22.9. The maximum Gasteiger partial charge on any atom is 0.255 e. The molecule has 0 amide bonds. The molecule has 10 heteroatoms. The Morgan fingerprint density at radius 3 is 1.03 bits per heavy atom. The van der Waals surface area contributed by atoms with E-state index >= 15 is 0 Å². The number of para-hydroxylation sites is 1. The van der Waals surface area contributed by atoms with Crippen molar-refractivity contribution < 1.29 is 0 Å². The molecule has 1 aliphatic rings. The Labute approximate surface area is 380 Å². The SMILES string of the molecule is CC(C)c1cc(C(C)C)c([Si]2(c3c(C([Si](C)(C)C)[Si](C)(C)C)cc(C([Si](C)(C)C)[Si](C)(C)C)cc3C([Si](C)(C)C)[Si](C)(C)C)SC(=Nc3ccccc3)S2)c(C(C)C)c1. The summed E-state index contributed by atoms with van der Waals surface area (Å²) in [6, 6.07) is 22.1. The van der Waals surface area contributed by atoms with Gasteiger partial charge < -0.3 is 0 Å². The lowest BCUT2D eigenvalue weighted by Gasteiger charge is -2.51. The van der Waals surface area contributed by atoms with E-state index in [9.17, 15) is 0 Å². The molecule has 1 nitrogen and oxygen atoms in total. The molecule has 1 fully saturated rings. The van der Waals surface area contributed by atoms with E-state index in [2.05, 4.69) is 236 Å². The Bertz CT molecular complexity index is 1850. The molecule has 0 saturated carbocycles. The maximum atomic E-state index is 5.48. The van der Waals surface area contributed by atoms with Crippen molar-refractivity contribution >= 4 is 97.7 Å². The average molecular weight is 951 g/mol. The predicted octanol–water partition coefficient (Wildman–Crippen LogP) is 16.3. The van der Waals surface area contributed by atoms with Crippen LogP contribution in [0.5, 0.6) is 0 Å². The second-order valence-electron chi connectivity index (χ2n) is 25.6. The summed E-state index contributed by atoms with van der Waals surface area (Å²) >= 11 is 4.52.